The highest BCUT2D eigenvalue weighted by molar-refractivity contribution is 7.46. The van der Waals surface area contributed by atoms with Crippen molar-refractivity contribution >= 4 is 7.82 Å². The normalized spacial score (nSPS) is 15.5. The highest BCUT2D eigenvalue weighted by Crippen LogP contribution is 2.40. The van der Waals surface area contributed by atoms with E-state index in [0.717, 1.165) is 24.3 Å². The van der Waals surface area contributed by atoms with Crippen molar-refractivity contribution in [2.24, 2.45) is 5.73 Å². The second-order valence-electron chi connectivity index (χ2n) is 7.15. The monoisotopic (exact) mass is 387 g/mol. The average molecular weight is 387 g/mol. The van der Waals surface area contributed by atoms with E-state index in [-0.39, 0.29) is 0 Å². The molecule has 0 amide bonds. The molecule has 0 aromatic heterocycles. The van der Waals surface area contributed by atoms with Crippen molar-refractivity contribution in [3.8, 4) is 5.75 Å². The number of ether oxygens (including phenoxy) is 1. The summed E-state index contributed by atoms with van der Waals surface area (Å²) in [6.07, 6.45) is 6.56. The Kier molecular flexibility index (Phi) is 9.83. The summed E-state index contributed by atoms with van der Waals surface area (Å²) in [6, 6.07) is 7.89. The minimum absolute atomic E-state index is 0.547. The lowest BCUT2D eigenvalue weighted by Gasteiger charge is -2.31. The summed E-state index contributed by atoms with van der Waals surface area (Å²) in [4.78, 5) is 17.8. The zero-order valence-electron chi connectivity index (χ0n) is 16.2. The van der Waals surface area contributed by atoms with Crippen molar-refractivity contribution in [3.63, 3.8) is 0 Å². The van der Waals surface area contributed by atoms with Gasteiger partial charge in [-0.3, -0.25) is 4.52 Å². The number of benzene rings is 1. The first-order valence-electron chi connectivity index (χ1n) is 9.38. The molecule has 1 aromatic carbocycles. The molecule has 1 aromatic rings. The van der Waals surface area contributed by atoms with E-state index >= 15 is 0 Å². The van der Waals surface area contributed by atoms with E-state index in [2.05, 4.69) is 6.92 Å². The van der Waals surface area contributed by atoms with Crippen LogP contribution in [0.5, 0.6) is 5.75 Å². The van der Waals surface area contributed by atoms with Crippen LogP contribution < -0.4 is 10.5 Å². The van der Waals surface area contributed by atoms with Crippen LogP contribution in [0.2, 0.25) is 0 Å². The van der Waals surface area contributed by atoms with Gasteiger partial charge in [-0.05, 0) is 50.8 Å². The van der Waals surface area contributed by atoms with E-state index < -0.39 is 19.5 Å². The van der Waals surface area contributed by atoms with Crippen LogP contribution >= 0.6 is 7.82 Å². The van der Waals surface area contributed by atoms with Crippen LogP contribution in [-0.2, 0) is 15.5 Å². The topological polar surface area (TPSA) is 102 Å². The van der Waals surface area contributed by atoms with Gasteiger partial charge in [-0.1, -0.05) is 44.7 Å². The first-order chi connectivity index (χ1) is 12.1. The van der Waals surface area contributed by atoms with Gasteiger partial charge in [-0.25, -0.2) is 4.57 Å². The van der Waals surface area contributed by atoms with Gasteiger partial charge in [0.1, 0.15) is 5.75 Å². The smallest absolute Gasteiger partial charge is 0.469 e. The maximum absolute atomic E-state index is 11.0. The maximum Gasteiger partial charge on any atom is 0.469 e. The van der Waals surface area contributed by atoms with Gasteiger partial charge in [0.25, 0.3) is 0 Å². The lowest BCUT2D eigenvalue weighted by molar-refractivity contribution is 0.0867. The van der Waals surface area contributed by atoms with E-state index in [1.165, 1.54) is 25.7 Å². The summed E-state index contributed by atoms with van der Waals surface area (Å²) in [7, 11) is -4.54. The van der Waals surface area contributed by atoms with Crippen molar-refractivity contribution in [2.75, 3.05) is 6.61 Å². The van der Waals surface area contributed by atoms with Gasteiger partial charge >= 0.3 is 7.82 Å². The molecule has 0 aliphatic rings. The van der Waals surface area contributed by atoms with Crippen LogP contribution in [0.25, 0.3) is 0 Å². The van der Waals surface area contributed by atoms with Crippen LogP contribution in [-0.4, -0.2) is 28.0 Å². The molecular weight excluding hydrogens is 353 g/mol. The molecule has 2 atom stereocenters. The molecule has 26 heavy (non-hydrogen) atoms. The zero-order chi connectivity index (χ0) is 19.6. The van der Waals surface area contributed by atoms with Crippen molar-refractivity contribution in [2.45, 2.75) is 77.4 Å². The van der Waals surface area contributed by atoms with Gasteiger partial charge in [0.2, 0.25) is 0 Å². The molecule has 6 nitrogen and oxygen atoms in total. The summed E-state index contributed by atoms with van der Waals surface area (Å²) in [5.74, 6) is 0.859. The molecular formula is C19H34NO5P. The fraction of sp³-hybridized carbons (Fsp3) is 0.684. The van der Waals surface area contributed by atoms with Crippen molar-refractivity contribution < 1.29 is 23.6 Å². The summed E-state index contributed by atoms with van der Waals surface area (Å²) in [5.41, 5.74) is 6.43. The van der Waals surface area contributed by atoms with Crippen LogP contribution in [0.3, 0.4) is 0 Å². The number of unbranched alkanes of at least 4 members (excludes halogenated alkanes) is 4. The van der Waals surface area contributed by atoms with E-state index in [1.54, 1.807) is 13.8 Å². The van der Waals surface area contributed by atoms with Crippen LogP contribution in [0.1, 0.15) is 64.9 Å². The fourth-order valence-corrected chi connectivity index (χ4v) is 3.24. The molecule has 0 spiro atoms. The summed E-state index contributed by atoms with van der Waals surface area (Å²) in [5, 5.41) is 0. The molecule has 0 aliphatic carbocycles. The highest BCUT2D eigenvalue weighted by Gasteiger charge is 2.32. The summed E-state index contributed by atoms with van der Waals surface area (Å²) >= 11 is 0. The predicted molar refractivity (Wildman–Crippen MR) is 104 cm³/mol. The van der Waals surface area contributed by atoms with Crippen LogP contribution in [0.4, 0.5) is 0 Å². The Morgan fingerprint density at radius 1 is 1.15 bits per heavy atom. The van der Waals surface area contributed by atoms with E-state index in [9.17, 15) is 4.57 Å². The summed E-state index contributed by atoms with van der Waals surface area (Å²) < 4.78 is 21.4. The first kappa shape index (κ1) is 23.1. The Bertz CT molecular complexity index is 556. The number of hydrogen-bond acceptors (Lipinski definition) is 4. The number of hydrogen-bond donors (Lipinski definition) is 3. The number of rotatable bonds is 13. The van der Waals surface area contributed by atoms with E-state index in [4.69, 9.17) is 24.8 Å². The molecule has 4 N–H and O–H groups in total. The molecule has 0 bridgehead atoms. The number of nitrogens with two attached hydrogens (primary N) is 1. The van der Waals surface area contributed by atoms with Gasteiger partial charge < -0.3 is 20.3 Å². The van der Waals surface area contributed by atoms with Crippen LogP contribution in [0, 0.1) is 0 Å². The maximum atomic E-state index is 11.0. The highest BCUT2D eigenvalue weighted by atomic mass is 31.2. The third-order valence-corrected chi connectivity index (χ3v) is 5.21. The SMILES string of the molecule is CCCCCCCOc1ccc(CC[C@@](C)(N)[C@@H](C)OP(=O)(O)O)cc1. The van der Waals surface area contributed by atoms with Gasteiger partial charge in [0.05, 0.1) is 12.7 Å². The summed E-state index contributed by atoms with van der Waals surface area (Å²) in [6.45, 7) is 6.26. The van der Waals surface area contributed by atoms with Crippen molar-refractivity contribution in [1.82, 2.24) is 0 Å². The molecule has 0 fully saturated rings. The fourth-order valence-electron chi connectivity index (χ4n) is 2.59. The van der Waals surface area contributed by atoms with Gasteiger partial charge in [0, 0.05) is 5.54 Å². The lowest BCUT2D eigenvalue weighted by atomic mass is 9.90. The Balaban J connectivity index is 2.38. The number of phosphoric ester groups is 1. The largest absolute Gasteiger partial charge is 0.494 e. The van der Waals surface area contributed by atoms with E-state index in [0.29, 0.717) is 12.8 Å². The zero-order valence-corrected chi connectivity index (χ0v) is 17.1. The van der Waals surface area contributed by atoms with E-state index in [1.807, 2.05) is 24.3 Å². The second kappa shape index (κ2) is 11.1. The molecule has 0 unspecified atom stereocenters. The lowest BCUT2D eigenvalue weighted by Crippen LogP contribution is -2.47. The standard InChI is InChI=1S/C19H34NO5P/c1-4-5-6-7-8-15-24-18-11-9-17(10-12-18)13-14-19(3,20)16(2)25-26(21,22)23/h9-12,16H,4-8,13-15,20H2,1-3H3,(H2,21,22,23)/t16-,19-/m1/s1. The molecule has 0 heterocycles. The van der Waals surface area contributed by atoms with Gasteiger partial charge in [-0.15, -0.1) is 0 Å². The molecule has 7 heteroatoms. The molecule has 0 saturated heterocycles. The van der Waals surface area contributed by atoms with Gasteiger partial charge in [0.15, 0.2) is 0 Å². The second-order valence-corrected chi connectivity index (χ2v) is 8.34. The Labute approximate surface area is 157 Å². The van der Waals surface area contributed by atoms with Crippen LogP contribution in [0.15, 0.2) is 24.3 Å². The minimum Gasteiger partial charge on any atom is -0.494 e. The Hall–Kier alpha value is -0.910. The third-order valence-electron chi connectivity index (χ3n) is 4.62. The first-order valence-corrected chi connectivity index (χ1v) is 10.9. The Morgan fingerprint density at radius 2 is 1.77 bits per heavy atom. The molecule has 0 radical (unpaired) electrons. The molecule has 150 valence electrons. The van der Waals surface area contributed by atoms with Crippen molar-refractivity contribution in [1.29, 1.82) is 0 Å². The molecule has 0 saturated carbocycles. The average Bonchev–Trinajstić information content (AvgIpc) is 2.56. The number of aryl methyl sites for hydroxylation is 1. The van der Waals surface area contributed by atoms with Crippen molar-refractivity contribution in [3.05, 3.63) is 29.8 Å². The molecule has 0 aliphatic heterocycles. The van der Waals surface area contributed by atoms with Gasteiger partial charge in [-0.2, -0.15) is 0 Å². The third kappa shape index (κ3) is 9.70. The quantitative estimate of drug-likeness (QED) is 0.347. The molecule has 1 rings (SSSR count). The number of phosphoric acid groups is 1. The Morgan fingerprint density at radius 3 is 2.35 bits per heavy atom. The minimum atomic E-state index is -4.54. The predicted octanol–water partition coefficient (Wildman–Crippen LogP) is 4.18.